The van der Waals surface area contributed by atoms with Crippen molar-refractivity contribution in [3.63, 3.8) is 0 Å². The van der Waals surface area contributed by atoms with Gasteiger partial charge in [-0.1, -0.05) is 80.5 Å². The number of cyclic esters (lactones) is 1. The minimum Gasteiger partial charge on any atom is -0.462 e. The van der Waals surface area contributed by atoms with E-state index in [9.17, 15) is 30.0 Å². The van der Waals surface area contributed by atoms with Crippen LogP contribution in [0.3, 0.4) is 0 Å². The Morgan fingerprint density at radius 3 is 2.41 bits per heavy atom. The van der Waals surface area contributed by atoms with Gasteiger partial charge in [0.15, 0.2) is 0 Å². The van der Waals surface area contributed by atoms with Crippen molar-refractivity contribution in [3.05, 3.63) is 76.9 Å². The minimum atomic E-state index is -0.614. The van der Waals surface area contributed by atoms with Crippen LogP contribution in [-0.2, 0) is 14.3 Å². The largest absolute Gasteiger partial charge is 0.462 e. The molecule has 1 aliphatic heterocycles. The van der Waals surface area contributed by atoms with E-state index in [-0.39, 0.29) is 42.4 Å². The molecule has 0 amide bonds. The lowest BCUT2D eigenvalue weighted by Gasteiger charge is -2.26. The molecule has 0 bridgehead atoms. The molecule has 274 valence electrons. The van der Waals surface area contributed by atoms with Crippen LogP contribution in [0, 0.1) is 17.8 Å². The zero-order valence-electron chi connectivity index (χ0n) is 30.8. The molecule has 0 fully saturated rings. The third kappa shape index (κ3) is 17.0. The second-order valence-corrected chi connectivity index (χ2v) is 14.4. The van der Waals surface area contributed by atoms with Crippen molar-refractivity contribution < 1.29 is 39.5 Å². The predicted octanol–water partition coefficient (Wildman–Crippen LogP) is 7.50. The summed E-state index contributed by atoms with van der Waals surface area (Å²) in [5.41, 5.74) is 3.39. The number of hydrogen-bond acceptors (Lipinski definition) is 8. The Morgan fingerprint density at radius 1 is 1.02 bits per heavy atom. The van der Waals surface area contributed by atoms with Gasteiger partial charge in [0.25, 0.3) is 0 Å². The maximum atomic E-state index is 13.3. The molecule has 49 heavy (non-hydrogen) atoms. The van der Waals surface area contributed by atoms with E-state index in [0.29, 0.717) is 44.1 Å². The van der Waals surface area contributed by atoms with E-state index in [1.54, 1.807) is 26.0 Å². The number of ether oxygens (including phenoxy) is 2. The fourth-order valence-electron chi connectivity index (χ4n) is 6.14. The Labute approximate surface area is 294 Å². The summed E-state index contributed by atoms with van der Waals surface area (Å²) in [6, 6.07) is 7.26. The van der Waals surface area contributed by atoms with Gasteiger partial charge in [-0.05, 0) is 102 Å². The quantitative estimate of drug-likeness (QED) is 0.0849. The van der Waals surface area contributed by atoms with Crippen LogP contribution in [0.2, 0.25) is 0 Å². The van der Waals surface area contributed by atoms with Crippen molar-refractivity contribution in [1.29, 1.82) is 0 Å². The molecule has 9 atom stereocenters. The van der Waals surface area contributed by atoms with Gasteiger partial charge in [-0.15, -0.1) is 0 Å². The molecule has 0 saturated heterocycles. The lowest BCUT2D eigenvalue weighted by molar-refractivity contribution is -0.151. The number of carbonyl (C=O) groups excluding carboxylic acids is 2. The van der Waals surface area contributed by atoms with E-state index < -0.39 is 30.4 Å². The number of aliphatic hydroxyl groups excluding tert-OH is 4. The zero-order valence-corrected chi connectivity index (χ0v) is 30.8. The fraction of sp³-hybridized carbons (Fsp3) is 0.610. The van der Waals surface area contributed by atoms with Crippen molar-refractivity contribution in [2.24, 2.45) is 17.8 Å². The van der Waals surface area contributed by atoms with Crippen LogP contribution >= 0.6 is 0 Å². The number of esters is 2. The van der Waals surface area contributed by atoms with E-state index >= 15 is 0 Å². The summed E-state index contributed by atoms with van der Waals surface area (Å²) in [6.45, 7) is 13.4. The lowest BCUT2D eigenvalue weighted by atomic mass is 9.90. The molecule has 0 saturated carbocycles. The van der Waals surface area contributed by atoms with Crippen LogP contribution in [0.25, 0.3) is 6.08 Å². The highest BCUT2D eigenvalue weighted by atomic mass is 16.5. The van der Waals surface area contributed by atoms with Gasteiger partial charge < -0.3 is 29.9 Å². The molecule has 1 heterocycles. The van der Waals surface area contributed by atoms with Crippen molar-refractivity contribution in [1.82, 2.24) is 0 Å². The van der Waals surface area contributed by atoms with Crippen LogP contribution in [-0.4, -0.2) is 69.0 Å². The molecule has 0 aromatic heterocycles. The summed E-state index contributed by atoms with van der Waals surface area (Å²) in [7, 11) is 0. The molecule has 0 spiro atoms. The average molecular weight is 683 g/mol. The molecule has 8 heteroatoms. The highest BCUT2D eigenvalue weighted by Crippen LogP contribution is 2.26. The number of carbonyl (C=O) groups is 2. The highest BCUT2D eigenvalue weighted by molar-refractivity contribution is 5.90. The van der Waals surface area contributed by atoms with Crippen molar-refractivity contribution >= 4 is 18.0 Å². The van der Waals surface area contributed by atoms with Gasteiger partial charge in [0.2, 0.25) is 0 Å². The first kappa shape index (κ1) is 42.1. The number of allylic oxidation sites excluding steroid dienone is 4. The zero-order chi connectivity index (χ0) is 36.5. The van der Waals surface area contributed by atoms with Crippen LogP contribution < -0.4 is 0 Å². The monoisotopic (exact) mass is 682 g/mol. The number of aliphatic hydroxyl groups is 4. The van der Waals surface area contributed by atoms with Crippen LogP contribution in [0.15, 0.2) is 65.8 Å². The van der Waals surface area contributed by atoms with Gasteiger partial charge in [-0.2, -0.15) is 0 Å². The second kappa shape index (κ2) is 21.9. The standard InChI is InChI=1S/C41H62O8/c1-27(19-21-36(44)24-32(6)42)18-20-34-13-10-14-35(26-34)41(47)49-38-16-11-17-40(46)48-39(15-9-8-12-29(38)3)31(5)23-28(2)22-30(4)37(45)25-33(7)43/h8-10,13-14,18-20,22,26,29-33,36-39,42-45H,11-12,15-17,21,23-25H2,1-7H3. The average Bonchev–Trinajstić information content (AvgIpc) is 3.02. The normalized spacial score (nSPS) is 23.8. The number of hydrogen-bond donors (Lipinski definition) is 4. The first-order valence-corrected chi connectivity index (χ1v) is 18.0. The fourth-order valence-corrected chi connectivity index (χ4v) is 6.14. The highest BCUT2D eigenvalue weighted by Gasteiger charge is 2.26. The van der Waals surface area contributed by atoms with Gasteiger partial charge in [-0.25, -0.2) is 4.79 Å². The molecule has 1 aromatic carbocycles. The Hall–Kier alpha value is -3.04. The van der Waals surface area contributed by atoms with E-state index in [0.717, 1.165) is 29.6 Å². The van der Waals surface area contributed by atoms with E-state index in [2.05, 4.69) is 26.0 Å². The summed E-state index contributed by atoms with van der Waals surface area (Å²) in [5.74, 6) is -0.599. The second-order valence-electron chi connectivity index (χ2n) is 14.4. The number of rotatable bonds is 15. The van der Waals surface area contributed by atoms with Crippen molar-refractivity contribution in [2.75, 3.05) is 0 Å². The Balaban J connectivity index is 2.02. The van der Waals surface area contributed by atoms with E-state index in [1.165, 1.54) is 0 Å². The summed E-state index contributed by atoms with van der Waals surface area (Å²) < 4.78 is 12.0. The van der Waals surface area contributed by atoms with Gasteiger partial charge >= 0.3 is 11.9 Å². The van der Waals surface area contributed by atoms with E-state index in [1.807, 2.05) is 57.2 Å². The first-order chi connectivity index (χ1) is 23.1. The predicted molar refractivity (Wildman–Crippen MR) is 196 cm³/mol. The van der Waals surface area contributed by atoms with Gasteiger partial charge in [0.1, 0.15) is 12.2 Å². The molecular formula is C41H62O8. The lowest BCUT2D eigenvalue weighted by Crippen LogP contribution is -2.28. The van der Waals surface area contributed by atoms with Crippen molar-refractivity contribution in [3.8, 4) is 0 Å². The van der Waals surface area contributed by atoms with Gasteiger partial charge in [0.05, 0.1) is 30.0 Å². The molecule has 0 radical (unpaired) electrons. The third-order valence-corrected chi connectivity index (χ3v) is 9.09. The topological polar surface area (TPSA) is 134 Å². The molecular weight excluding hydrogens is 620 g/mol. The Kier molecular flexibility index (Phi) is 18.8. The summed E-state index contributed by atoms with van der Waals surface area (Å²) in [5, 5.41) is 39.4. The molecule has 8 nitrogen and oxygen atoms in total. The Morgan fingerprint density at radius 2 is 1.71 bits per heavy atom. The summed E-state index contributed by atoms with van der Waals surface area (Å²) in [6.07, 6.45) is 13.5. The maximum absolute atomic E-state index is 13.3. The molecule has 2 rings (SSSR count). The third-order valence-electron chi connectivity index (χ3n) is 9.09. The molecule has 1 aromatic rings. The van der Waals surface area contributed by atoms with Crippen LogP contribution in [0.4, 0.5) is 0 Å². The SMILES string of the molecule is CC(C=Cc1cccc(C(=O)OC2CCCC(=O)OC(C(C)CC(C)=CC(C)C(O)CC(C)O)CC=CCC2C)c1)=CCC(O)CC(C)O. The van der Waals surface area contributed by atoms with Crippen LogP contribution in [0.1, 0.15) is 122 Å². The first-order valence-electron chi connectivity index (χ1n) is 18.0. The number of benzene rings is 1. The van der Waals surface area contributed by atoms with E-state index in [4.69, 9.17) is 9.47 Å². The van der Waals surface area contributed by atoms with Gasteiger partial charge in [0, 0.05) is 18.8 Å². The van der Waals surface area contributed by atoms with Crippen LogP contribution in [0.5, 0.6) is 0 Å². The smallest absolute Gasteiger partial charge is 0.338 e. The molecule has 1 aliphatic rings. The molecule has 0 aliphatic carbocycles. The molecule has 4 N–H and O–H groups in total. The Bertz CT molecular complexity index is 1280. The minimum absolute atomic E-state index is 0.0614. The summed E-state index contributed by atoms with van der Waals surface area (Å²) in [4.78, 5) is 26.2. The van der Waals surface area contributed by atoms with Crippen molar-refractivity contribution in [2.45, 2.75) is 143 Å². The molecule has 9 unspecified atom stereocenters. The van der Waals surface area contributed by atoms with Gasteiger partial charge in [-0.3, -0.25) is 4.79 Å². The maximum Gasteiger partial charge on any atom is 0.338 e. The summed E-state index contributed by atoms with van der Waals surface area (Å²) >= 11 is 0.